The van der Waals surface area contributed by atoms with E-state index in [1.807, 2.05) is 29.2 Å². The molecule has 1 atom stereocenters. The Morgan fingerprint density at radius 1 is 1.21 bits per heavy atom. The molecule has 0 aliphatic carbocycles. The van der Waals surface area contributed by atoms with Gasteiger partial charge in [0.1, 0.15) is 17.2 Å². The van der Waals surface area contributed by atoms with Gasteiger partial charge in [0.15, 0.2) is 0 Å². The summed E-state index contributed by atoms with van der Waals surface area (Å²) in [5, 5.41) is 7.57. The van der Waals surface area contributed by atoms with Crippen molar-refractivity contribution < 1.29 is 9.53 Å². The zero-order valence-electron chi connectivity index (χ0n) is 16.0. The summed E-state index contributed by atoms with van der Waals surface area (Å²) in [4.78, 5) is 16.7. The Morgan fingerprint density at radius 3 is 2.93 bits per heavy atom. The van der Waals surface area contributed by atoms with Crippen LogP contribution < -0.4 is 10.1 Å². The molecule has 142 valence electrons. The molecule has 2 aromatic heterocycles. The Labute approximate surface area is 163 Å². The zero-order valence-corrected chi connectivity index (χ0v) is 16.0. The number of anilines is 1. The van der Waals surface area contributed by atoms with Gasteiger partial charge in [-0.1, -0.05) is 24.3 Å². The number of fused-ring (bicyclic) bond motifs is 2. The summed E-state index contributed by atoms with van der Waals surface area (Å²) in [5.41, 5.74) is 4.13. The van der Waals surface area contributed by atoms with Crippen molar-refractivity contribution in [2.75, 3.05) is 5.32 Å². The first-order valence-corrected chi connectivity index (χ1v) is 9.55. The normalized spacial score (nSPS) is 19.5. The number of carbonyl (C=O) groups excluding carboxylic acids is 1. The molecule has 1 amide bonds. The first-order valence-electron chi connectivity index (χ1n) is 9.55. The quantitative estimate of drug-likeness (QED) is 0.762. The fourth-order valence-corrected chi connectivity index (χ4v) is 4.25. The van der Waals surface area contributed by atoms with Gasteiger partial charge in [-0.3, -0.25) is 9.78 Å². The standard InChI is InChI=1S/C22H22N4O2/c1-22(2)10-15-6-3-7-16(20(15)28-22)17-9-19(27)25-21-18(17)12-24-26(21)13-14-5-4-8-23-11-14/h3-8,11-12,17H,9-10,13H2,1-2H3,(H,25,27)/t17-/m1/s1. The number of pyridine rings is 1. The van der Waals surface area contributed by atoms with Crippen molar-refractivity contribution in [1.82, 2.24) is 14.8 Å². The minimum Gasteiger partial charge on any atom is -0.487 e. The molecule has 0 bridgehead atoms. The van der Waals surface area contributed by atoms with Gasteiger partial charge in [0.2, 0.25) is 5.91 Å². The van der Waals surface area contributed by atoms with Crippen molar-refractivity contribution in [2.24, 2.45) is 0 Å². The first kappa shape index (κ1) is 17.0. The topological polar surface area (TPSA) is 69.0 Å². The van der Waals surface area contributed by atoms with E-state index >= 15 is 0 Å². The molecule has 1 aromatic carbocycles. The molecule has 0 radical (unpaired) electrons. The molecule has 0 fully saturated rings. The third-order valence-corrected chi connectivity index (χ3v) is 5.44. The van der Waals surface area contributed by atoms with Crippen molar-refractivity contribution in [3.63, 3.8) is 0 Å². The average molecular weight is 374 g/mol. The van der Waals surface area contributed by atoms with Crippen molar-refractivity contribution in [2.45, 2.75) is 44.8 Å². The highest BCUT2D eigenvalue weighted by Gasteiger charge is 2.37. The second-order valence-electron chi connectivity index (χ2n) is 8.15. The summed E-state index contributed by atoms with van der Waals surface area (Å²) in [6, 6.07) is 10.2. The van der Waals surface area contributed by atoms with Crippen molar-refractivity contribution in [3.05, 3.63) is 71.2 Å². The van der Waals surface area contributed by atoms with Gasteiger partial charge in [-0.2, -0.15) is 5.10 Å². The molecule has 2 aliphatic heterocycles. The highest BCUT2D eigenvalue weighted by Crippen LogP contribution is 2.46. The summed E-state index contributed by atoms with van der Waals surface area (Å²) in [6.45, 7) is 4.76. The highest BCUT2D eigenvalue weighted by atomic mass is 16.5. The lowest BCUT2D eigenvalue weighted by Gasteiger charge is -2.26. The molecule has 0 spiro atoms. The largest absolute Gasteiger partial charge is 0.487 e. The van der Waals surface area contributed by atoms with Crippen LogP contribution in [0.4, 0.5) is 5.82 Å². The van der Waals surface area contributed by atoms with Gasteiger partial charge in [0.05, 0.1) is 12.7 Å². The molecule has 3 aromatic rings. The van der Waals surface area contributed by atoms with Gasteiger partial charge in [-0.15, -0.1) is 0 Å². The summed E-state index contributed by atoms with van der Waals surface area (Å²) in [7, 11) is 0. The summed E-state index contributed by atoms with van der Waals surface area (Å²) >= 11 is 0. The minimum absolute atomic E-state index is 0.000275. The molecule has 4 heterocycles. The minimum atomic E-state index is -0.220. The molecule has 6 heteroatoms. The Hall–Kier alpha value is -3.15. The number of aromatic nitrogens is 3. The summed E-state index contributed by atoms with van der Waals surface area (Å²) in [6.07, 6.45) is 6.71. The van der Waals surface area contributed by atoms with Crippen LogP contribution in [0.3, 0.4) is 0 Å². The Kier molecular flexibility index (Phi) is 3.75. The van der Waals surface area contributed by atoms with Crippen LogP contribution in [0.2, 0.25) is 0 Å². The van der Waals surface area contributed by atoms with Crippen LogP contribution in [0.5, 0.6) is 5.75 Å². The van der Waals surface area contributed by atoms with Crippen LogP contribution in [-0.4, -0.2) is 26.3 Å². The number of amides is 1. The van der Waals surface area contributed by atoms with E-state index in [1.54, 1.807) is 6.20 Å². The predicted molar refractivity (Wildman–Crippen MR) is 106 cm³/mol. The van der Waals surface area contributed by atoms with Crippen molar-refractivity contribution in [3.8, 4) is 5.75 Å². The number of nitrogens with zero attached hydrogens (tertiary/aromatic N) is 3. The van der Waals surface area contributed by atoms with Crippen LogP contribution >= 0.6 is 0 Å². The maximum absolute atomic E-state index is 12.5. The Balaban J connectivity index is 1.55. The van der Waals surface area contributed by atoms with E-state index in [4.69, 9.17) is 4.74 Å². The molecule has 0 saturated carbocycles. The van der Waals surface area contributed by atoms with Crippen LogP contribution in [0.25, 0.3) is 0 Å². The molecule has 0 saturated heterocycles. The molecule has 6 nitrogen and oxygen atoms in total. The van der Waals surface area contributed by atoms with Gasteiger partial charge in [0, 0.05) is 42.3 Å². The van der Waals surface area contributed by atoms with Crippen LogP contribution in [0.1, 0.15) is 48.4 Å². The second-order valence-corrected chi connectivity index (χ2v) is 8.15. The average Bonchev–Trinajstić information content (AvgIpc) is 3.20. The van der Waals surface area contributed by atoms with E-state index in [0.29, 0.717) is 13.0 Å². The van der Waals surface area contributed by atoms with E-state index in [9.17, 15) is 4.79 Å². The van der Waals surface area contributed by atoms with Crippen LogP contribution in [0.15, 0.2) is 48.9 Å². The maximum atomic E-state index is 12.5. The number of hydrogen-bond acceptors (Lipinski definition) is 4. The third kappa shape index (κ3) is 2.85. The number of rotatable bonds is 3. The van der Waals surface area contributed by atoms with Crippen LogP contribution in [0, 0.1) is 0 Å². The van der Waals surface area contributed by atoms with Crippen molar-refractivity contribution in [1.29, 1.82) is 0 Å². The molecule has 2 aliphatic rings. The van der Waals surface area contributed by atoms with Gasteiger partial charge in [0.25, 0.3) is 0 Å². The van der Waals surface area contributed by atoms with E-state index in [2.05, 4.69) is 47.4 Å². The lowest BCUT2D eigenvalue weighted by Crippen LogP contribution is -2.26. The van der Waals surface area contributed by atoms with Gasteiger partial charge >= 0.3 is 0 Å². The van der Waals surface area contributed by atoms with E-state index < -0.39 is 0 Å². The van der Waals surface area contributed by atoms with Gasteiger partial charge in [-0.25, -0.2) is 4.68 Å². The smallest absolute Gasteiger partial charge is 0.226 e. The maximum Gasteiger partial charge on any atom is 0.226 e. The first-order chi connectivity index (χ1) is 13.5. The SMILES string of the molecule is CC1(C)Cc2cccc([C@H]3CC(=O)Nc4c3cnn4Cc3cccnc3)c2O1. The Morgan fingerprint density at radius 2 is 2.11 bits per heavy atom. The molecule has 1 N–H and O–H groups in total. The van der Waals surface area contributed by atoms with E-state index in [0.717, 1.165) is 34.7 Å². The fraction of sp³-hybridized carbons (Fsp3) is 0.318. The van der Waals surface area contributed by atoms with E-state index in [1.165, 1.54) is 5.56 Å². The number of benzene rings is 1. The summed E-state index contributed by atoms with van der Waals surface area (Å²) < 4.78 is 8.10. The van der Waals surface area contributed by atoms with Gasteiger partial charge < -0.3 is 10.1 Å². The van der Waals surface area contributed by atoms with Gasteiger partial charge in [-0.05, 0) is 31.0 Å². The lowest BCUT2D eigenvalue weighted by molar-refractivity contribution is -0.116. The fourth-order valence-electron chi connectivity index (χ4n) is 4.25. The predicted octanol–water partition coefficient (Wildman–Crippen LogP) is 3.51. The number of para-hydroxylation sites is 1. The second kappa shape index (κ2) is 6.19. The number of ether oxygens (including phenoxy) is 1. The third-order valence-electron chi connectivity index (χ3n) is 5.44. The molecular weight excluding hydrogens is 352 g/mol. The van der Waals surface area contributed by atoms with E-state index in [-0.39, 0.29) is 17.4 Å². The van der Waals surface area contributed by atoms with Crippen LogP contribution in [-0.2, 0) is 17.8 Å². The molecule has 28 heavy (non-hydrogen) atoms. The molecular formula is C22H22N4O2. The molecule has 0 unspecified atom stereocenters. The number of nitrogens with one attached hydrogen (secondary N) is 1. The summed E-state index contributed by atoms with van der Waals surface area (Å²) in [5.74, 6) is 1.63. The molecule has 5 rings (SSSR count). The lowest BCUT2D eigenvalue weighted by atomic mass is 9.85. The zero-order chi connectivity index (χ0) is 19.3. The Bertz CT molecular complexity index is 1060. The van der Waals surface area contributed by atoms with Crippen molar-refractivity contribution >= 4 is 11.7 Å². The highest BCUT2D eigenvalue weighted by molar-refractivity contribution is 5.94. The monoisotopic (exact) mass is 374 g/mol. The number of hydrogen-bond donors (Lipinski definition) is 1. The number of carbonyl (C=O) groups is 1.